The van der Waals surface area contributed by atoms with Crippen molar-refractivity contribution in [3.63, 3.8) is 0 Å². The molecular weight excluding hydrogens is 522 g/mol. The molecule has 38 heavy (non-hydrogen) atoms. The van der Waals surface area contributed by atoms with E-state index in [2.05, 4.69) is 164 Å². The van der Waals surface area contributed by atoms with E-state index in [-0.39, 0.29) is 12.4 Å². The first-order valence-electron chi connectivity index (χ1n) is 13.5. The van der Waals surface area contributed by atoms with Crippen LogP contribution in [0.3, 0.4) is 0 Å². The van der Waals surface area contributed by atoms with Gasteiger partial charge in [-0.3, -0.25) is 4.67 Å². The Morgan fingerprint density at radius 2 is 0.868 bits per heavy atom. The maximum Gasteiger partial charge on any atom is 0.175 e. The summed E-state index contributed by atoms with van der Waals surface area (Å²) in [5.74, 6) is 0. The summed E-state index contributed by atoms with van der Waals surface area (Å²) in [6.07, 6.45) is 0. The van der Waals surface area contributed by atoms with Gasteiger partial charge in [-0.15, -0.1) is 0 Å². The van der Waals surface area contributed by atoms with E-state index in [1.807, 2.05) is 0 Å². The average Bonchev–Trinajstić information content (AvgIpc) is 2.98. The highest BCUT2D eigenvalue weighted by Gasteiger charge is 2.50. The van der Waals surface area contributed by atoms with Crippen LogP contribution in [0.1, 0.15) is 27.7 Å². The SMILES string of the molecule is CCN(CC)P(=C[P+](c1ccccc1)(c1ccccc1)N(CC)CC)(c1ccccc1)c1ccccc1.[Cl-]. The van der Waals surface area contributed by atoms with E-state index >= 15 is 0 Å². The van der Waals surface area contributed by atoms with Crippen LogP contribution in [-0.2, 0) is 0 Å². The summed E-state index contributed by atoms with van der Waals surface area (Å²) in [7, 11) is -4.26. The molecule has 0 atom stereocenters. The molecule has 0 aromatic heterocycles. The minimum atomic E-state index is -2.13. The molecule has 0 spiro atoms. The lowest BCUT2D eigenvalue weighted by Crippen LogP contribution is -3.00. The molecule has 4 aromatic rings. The summed E-state index contributed by atoms with van der Waals surface area (Å²) in [6, 6.07) is 45.2. The number of hydrogen-bond acceptors (Lipinski definition) is 2. The lowest BCUT2D eigenvalue weighted by atomic mass is 10.4. The van der Waals surface area contributed by atoms with Gasteiger partial charge in [-0.1, -0.05) is 111 Å². The third-order valence-corrected chi connectivity index (χ3v) is 17.2. The number of nitrogens with zero attached hydrogens (tertiary/aromatic N) is 2. The summed E-state index contributed by atoms with van der Waals surface area (Å²) in [5.41, 5.74) is 2.87. The molecule has 5 heteroatoms. The van der Waals surface area contributed by atoms with E-state index in [1.54, 1.807) is 0 Å². The zero-order chi connectivity index (χ0) is 26.1. The van der Waals surface area contributed by atoms with E-state index in [1.165, 1.54) is 21.2 Å². The molecule has 0 heterocycles. The fourth-order valence-electron chi connectivity index (χ4n) is 5.57. The largest absolute Gasteiger partial charge is 1.00 e. The standard InChI is InChI=1S/C33H41N2P2.ClH/c1-5-34(6-2)36(30-21-13-9-14-22-30,31-23-15-10-16-24-31)29-37(35(7-3)8-4,32-25-17-11-18-26-32)33-27-19-12-20-28-33;/h9-29H,5-8H2,1-4H3;1H/q+1;/p-1. The quantitative estimate of drug-likeness (QED) is 0.258. The topological polar surface area (TPSA) is 6.48 Å². The van der Waals surface area contributed by atoms with Gasteiger partial charge in [0.25, 0.3) is 0 Å². The Balaban J connectivity index is 0.00000400. The van der Waals surface area contributed by atoms with Crippen molar-refractivity contribution in [2.24, 2.45) is 0 Å². The van der Waals surface area contributed by atoms with Crippen molar-refractivity contribution in [1.82, 2.24) is 9.34 Å². The molecule has 0 aliphatic carbocycles. The fourth-order valence-corrected chi connectivity index (χ4v) is 17.0. The van der Waals surface area contributed by atoms with E-state index in [9.17, 15) is 0 Å². The van der Waals surface area contributed by atoms with Crippen LogP contribution >= 0.6 is 14.4 Å². The van der Waals surface area contributed by atoms with Crippen LogP contribution in [0.5, 0.6) is 0 Å². The first-order valence-corrected chi connectivity index (χ1v) is 17.2. The first kappa shape index (κ1) is 30.4. The van der Waals surface area contributed by atoms with Gasteiger partial charge in [0.1, 0.15) is 16.1 Å². The van der Waals surface area contributed by atoms with Crippen LogP contribution in [-0.4, -0.2) is 41.1 Å². The number of rotatable bonds is 11. The normalized spacial score (nSPS) is 11.8. The van der Waals surface area contributed by atoms with Crippen molar-refractivity contribution < 1.29 is 12.4 Å². The second-order valence-corrected chi connectivity index (χ2v) is 16.0. The molecule has 0 saturated carbocycles. The van der Waals surface area contributed by atoms with Gasteiger partial charge in [0, 0.05) is 20.1 Å². The third kappa shape index (κ3) is 5.72. The lowest BCUT2D eigenvalue weighted by Gasteiger charge is -2.41. The molecule has 2 nitrogen and oxygen atoms in total. The van der Waals surface area contributed by atoms with Gasteiger partial charge in [-0.2, -0.15) is 4.67 Å². The third-order valence-electron chi connectivity index (χ3n) is 7.29. The Hall–Kier alpha value is -2.18. The summed E-state index contributed by atoms with van der Waals surface area (Å²) in [4.78, 5) is 0. The van der Waals surface area contributed by atoms with Crippen LogP contribution in [0.25, 0.3) is 0 Å². The molecule has 4 rings (SSSR count). The van der Waals surface area contributed by atoms with Gasteiger partial charge in [-0.25, -0.2) is 0 Å². The van der Waals surface area contributed by atoms with Crippen molar-refractivity contribution in [3.8, 4) is 0 Å². The van der Waals surface area contributed by atoms with Crippen LogP contribution in [0.15, 0.2) is 121 Å². The molecule has 0 fully saturated rings. The summed E-state index contributed by atoms with van der Waals surface area (Å²) in [6.45, 7) is 13.2. The summed E-state index contributed by atoms with van der Waals surface area (Å²) in [5, 5.41) is 5.70. The minimum Gasteiger partial charge on any atom is -1.00 e. The predicted molar refractivity (Wildman–Crippen MR) is 170 cm³/mol. The van der Waals surface area contributed by atoms with Gasteiger partial charge in [0.2, 0.25) is 0 Å². The molecule has 0 bridgehead atoms. The molecule has 0 aliphatic heterocycles. The lowest BCUT2D eigenvalue weighted by molar-refractivity contribution is -0.00000757. The second kappa shape index (κ2) is 14.3. The van der Waals surface area contributed by atoms with E-state index in [0.717, 1.165) is 26.2 Å². The Kier molecular flexibility index (Phi) is 11.4. The molecule has 0 amide bonds. The smallest absolute Gasteiger partial charge is 0.175 e. The zero-order valence-corrected chi connectivity index (χ0v) is 25.7. The van der Waals surface area contributed by atoms with Crippen LogP contribution in [0, 0.1) is 0 Å². The molecular formula is C33H41ClN2P2. The Labute approximate surface area is 237 Å². The second-order valence-electron chi connectivity index (χ2n) is 9.11. The van der Waals surface area contributed by atoms with Crippen LogP contribution in [0.2, 0.25) is 0 Å². The van der Waals surface area contributed by atoms with Gasteiger partial charge >= 0.3 is 0 Å². The predicted octanol–water partition coefficient (Wildman–Crippen LogP) is 3.60. The van der Waals surface area contributed by atoms with E-state index in [4.69, 9.17) is 0 Å². The van der Waals surface area contributed by atoms with Crippen molar-refractivity contribution in [1.29, 1.82) is 0 Å². The van der Waals surface area contributed by atoms with Gasteiger partial charge in [-0.05, 0) is 61.8 Å². The zero-order valence-electron chi connectivity index (χ0n) is 23.1. The number of hydrogen-bond donors (Lipinski definition) is 0. The van der Waals surface area contributed by atoms with Crippen molar-refractivity contribution in [3.05, 3.63) is 121 Å². The molecule has 0 aliphatic rings. The van der Waals surface area contributed by atoms with Crippen molar-refractivity contribution in [2.45, 2.75) is 27.7 Å². The molecule has 200 valence electrons. The highest BCUT2D eigenvalue weighted by Crippen LogP contribution is 2.64. The van der Waals surface area contributed by atoms with Crippen LogP contribution < -0.4 is 33.6 Å². The number of halogens is 1. The maximum absolute atomic E-state index is 2.87. The Bertz CT molecular complexity index is 1190. The van der Waals surface area contributed by atoms with Gasteiger partial charge < -0.3 is 12.4 Å². The highest BCUT2D eigenvalue weighted by molar-refractivity contribution is 8.11. The van der Waals surface area contributed by atoms with Gasteiger partial charge in [0.05, 0.1) is 0 Å². The average molecular weight is 563 g/mol. The highest BCUT2D eigenvalue weighted by atomic mass is 35.5. The molecule has 0 saturated heterocycles. The van der Waals surface area contributed by atoms with E-state index in [0.29, 0.717) is 0 Å². The minimum absolute atomic E-state index is 0. The fraction of sp³-hybridized carbons (Fsp3) is 0.242. The first-order chi connectivity index (χ1) is 18.2. The van der Waals surface area contributed by atoms with Gasteiger partial charge in [0.15, 0.2) is 7.41 Å². The van der Waals surface area contributed by atoms with Crippen molar-refractivity contribution >= 4 is 41.2 Å². The molecule has 0 N–H and O–H groups in total. The molecule has 0 radical (unpaired) electrons. The Morgan fingerprint density at radius 1 is 0.526 bits per heavy atom. The number of benzene rings is 4. The van der Waals surface area contributed by atoms with Crippen molar-refractivity contribution in [2.75, 3.05) is 26.2 Å². The maximum atomic E-state index is 2.87. The monoisotopic (exact) mass is 562 g/mol. The summed E-state index contributed by atoms with van der Waals surface area (Å²) < 4.78 is 5.50. The van der Waals surface area contributed by atoms with Crippen LogP contribution in [0.4, 0.5) is 0 Å². The summed E-state index contributed by atoms with van der Waals surface area (Å²) >= 11 is 0. The molecule has 0 unspecified atom stereocenters. The Morgan fingerprint density at radius 3 is 1.18 bits per heavy atom. The van der Waals surface area contributed by atoms with E-state index < -0.39 is 14.4 Å². The molecule has 4 aromatic carbocycles.